The average Bonchev–Trinajstić information content (AvgIpc) is 2.91. The van der Waals surface area contributed by atoms with Gasteiger partial charge in [-0.3, -0.25) is 9.78 Å². The highest BCUT2D eigenvalue weighted by Gasteiger charge is 2.51. The Bertz CT molecular complexity index is 883. The van der Waals surface area contributed by atoms with Crippen LogP contribution in [0.15, 0.2) is 42.6 Å². The monoisotopic (exact) mass is 345 g/mol. The Morgan fingerprint density at radius 1 is 1.12 bits per heavy atom. The third kappa shape index (κ3) is 3.35. The van der Waals surface area contributed by atoms with Gasteiger partial charge in [-0.1, -0.05) is 18.1 Å². The molecule has 26 heavy (non-hydrogen) atoms. The molecule has 0 spiro atoms. The number of pyridine rings is 2. The third-order valence-corrected chi connectivity index (χ3v) is 5.69. The van der Waals surface area contributed by atoms with Gasteiger partial charge in [0, 0.05) is 22.8 Å². The van der Waals surface area contributed by atoms with E-state index in [2.05, 4.69) is 27.1 Å². The molecule has 4 heteroatoms. The Hall–Kier alpha value is -2.67. The number of nitrogens with zero attached hydrogens (tertiary/aromatic N) is 2. The van der Waals surface area contributed by atoms with E-state index in [0.29, 0.717) is 5.69 Å². The van der Waals surface area contributed by atoms with E-state index in [-0.39, 0.29) is 16.9 Å². The number of fused-ring (bicyclic) bond motifs is 2. The molecule has 1 N–H and O–H groups in total. The largest absolute Gasteiger partial charge is 0.345 e. The summed E-state index contributed by atoms with van der Waals surface area (Å²) in [6, 6.07) is 11.4. The lowest BCUT2D eigenvalue weighted by molar-refractivity contribution is 0.0866. The van der Waals surface area contributed by atoms with Crippen LogP contribution in [0.5, 0.6) is 0 Å². The highest BCUT2D eigenvalue weighted by atomic mass is 16.2. The number of hydrogen-bond acceptors (Lipinski definition) is 3. The lowest BCUT2D eigenvalue weighted by Crippen LogP contribution is -2.49. The van der Waals surface area contributed by atoms with Crippen LogP contribution in [0.2, 0.25) is 0 Å². The van der Waals surface area contributed by atoms with E-state index >= 15 is 0 Å². The van der Waals surface area contributed by atoms with Gasteiger partial charge in [-0.2, -0.15) is 0 Å². The molecule has 2 fully saturated rings. The van der Waals surface area contributed by atoms with Crippen LogP contribution in [-0.2, 0) is 0 Å². The van der Waals surface area contributed by atoms with Crippen LogP contribution in [0.4, 0.5) is 0 Å². The summed E-state index contributed by atoms with van der Waals surface area (Å²) in [5.41, 5.74) is 2.17. The summed E-state index contributed by atoms with van der Waals surface area (Å²) in [7, 11) is 0. The van der Waals surface area contributed by atoms with Crippen molar-refractivity contribution >= 4 is 5.91 Å². The smallest absolute Gasteiger partial charge is 0.270 e. The minimum absolute atomic E-state index is 0.00106. The van der Waals surface area contributed by atoms with Gasteiger partial charge in [0.05, 0.1) is 0 Å². The highest BCUT2D eigenvalue weighted by Crippen LogP contribution is 2.53. The first kappa shape index (κ1) is 16.8. The Balaban J connectivity index is 1.52. The van der Waals surface area contributed by atoms with Crippen molar-refractivity contribution in [2.24, 2.45) is 5.41 Å². The van der Waals surface area contributed by atoms with Crippen molar-refractivity contribution in [3.05, 3.63) is 59.7 Å². The van der Waals surface area contributed by atoms with Gasteiger partial charge < -0.3 is 5.32 Å². The highest BCUT2D eigenvalue weighted by molar-refractivity contribution is 5.92. The molecule has 132 valence electrons. The maximum atomic E-state index is 12.6. The first-order chi connectivity index (χ1) is 12.6. The number of carbonyl (C=O) groups is 1. The fourth-order valence-corrected chi connectivity index (χ4v) is 4.44. The van der Waals surface area contributed by atoms with Crippen LogP contribution >= 0.6 is 0 Å². The second-order valence-corrected chi connectivity index (χ2v) is 7.67. The fourth-order valence-electron chi connectivity index (χ4n) is 4.44. The quantitative estimate of drug-likeness (QED) is 0.845. The molecule has 2 aromatic heterocycles. The number of carbonyl (C=O) groups excluding carboxylic acids is 1. The summed E-state index contributed by atoms with van der Waals surface area (Å²) < 4.78 is 0. The van der Waals surface area contributed by atoms with Crippen molar-refractivity contribution in [2.45, 2.75) is 51.0 Å². The molecule has 2 unspecified atom stereocenters. The summed E-state index contributed by atoms with van der Waals surface area (Å²) in [6.45, 7) is 1.98. The molecular formula is C22H23N3O. The van der Waals surface area contributed by atoms with E-state index in [0.717, 1.165) is 49.9 Å². The van der Waals surface area contributed by atoms with Gasteiger partial charge in [0.2, 0.25) is 0 Å². The van der Waals surface area contributed by atoms with Gasteiger partial charge in [-0.25, -0.2) is 4.98 Å². The molecule has 2 bridgehead atoms. The second-order valence-electron chi connectivity index (χ2n) is 7.67. The first-order valence-corrected chi connectivity index (χ1v) is 9.29. The summed E-state index contributed by atoms with van der Waals surface area (Å²) in [4.78, 5) is 21.3. The molecule has 2 aliphatic carbocycles. The van der Waals surface area contributed by atoms with Crippen molar-refractivity contribution < 1.29 is 4.79 Å². The number of aromatic nitrogens is 2. The molecule has 0 radical (unpaired) electrons. The Morgan fingerprint density at radius 2 is 2.04 bits per heavy atom. The minimum Gasteiger partial charge on any atom is -0.345 e. The van der Waals surface area contributed by atoms with Crippen molar-refractivity contribution in [1.29, 1.82) is 0 Å². The van der Waals surface area contributed by atoms with Crippen LogP contribution in [-0.4, -0.2) is 21.4 Å². The van der Waals surface area contributed by atoms with Crippen molar-refractivity contribution in [2.75, 3.05) is 0 Å². The van der Waals surface area contributed by atoms with Crippen LogP contribution in [0, 0.1) is 24.2 Å². The van der Waals surface area contributed by atoms with Crippen LogP contribution < -0.4 is 5.32 Å². The molecule has 2 heterocycles. The third-order valence-electron chi connectivity index (χ3n) is 5.69. The van der Waals surface area contributed by atoms with Gasteiger partial charge >= 0.3 is 0 Å². The number of rotatable bonds is 2. The molecule has 2 aliphatic rings. The Kier molecular flexibility index (Phi) is 4.24. The molecule has 4 nitrogen and oxygen atoms in total. The van der Waals surface area contributed by atoms with E-state index in [1.54, 1.807) is 12.3 Å². The Labute approximate surface area is 154 Å². The summed E-state index contributed by atoms with van der Waals surface area (Å²) in [5, 5.41) is 3.29. The first-order valence-electron chi connectivity index (χ1n) is 9.29. The summed E-state index contributed by atoms with van der Waals surface area (Å²) in [5.74, 6) is 6.75. The maximum absolute atomic E-state index is 12.6. The lowest BCUT2D eigenvalue weighted by Gasteiger charge is -2.37. The van der Waals surface area contributed by atoms with Gasteiger partial charge in [0.1, 0.15) is 11.4 Å². The van der Waals surface area contributed by atoms with Crippen molar-refractivity contribution in [3.8, 4) is 11.8 Å². The molecule has 2 saturated carbocycles. The van der Waals surface area contributed by atoms with E-state index in [1.807, 2.05) is 37.3 Å². The summed E-state index contributed by atoms with van der Waals surface area (Å²) >= 11 is 0. The standard InChI is InChI=1S/C22H23N3O/c1-17-6-4-7-18(24-17)9-12-21-10-5-11-22(16-21,14-13-21)25-20(26)19-8-2-3-15-23-19/h2-4,6-8,15H,5,10-11,13-14,16H2,1H3,(H,25,26). The SMILES string of the molecule is Cc1cccc(C#CC23CCCC(NC(=O)c4ccccn4)(CC2)C3)n1. The molecule has 0 aromatic carbocycles. The van der Waals surface area contributed by atoms with Crippen LogP contribution in [0.1, 0.15) is 60.4 Å². The van der Waals surface area contributed by atoms with Gasteiger partial charge in [-0.15, -0.1) is 0 Å². The summed E-state index contributed by atoms with van der Waals surface area (Å²) in [6.07, 6.45) is 7.84. The Morgan fingerprint density at radius 3 is 2.85 bits per heavy atom. The van der Waals surface area contributed by atoms with E-state index in [4.69, 9.17) is 0 Å². The van der Waals surface area contributed by atoms with Gasteiger partial charge in [0.25, 0.3) is 5.91 Å². The molecule has 2 atom stereocenters. The average molecular weight is 345 g/mol. The molecule has 0 saturated heterocycles. The zero-order chi connectivity index (χ0) is 18.0. The van der Waals surface area contributed by atoms with Crippen molar-refractivity contribution in [3.63, 3.8) is 0 Å². The van der Waals surface area contributed by atoms with Crippen LogP contribution in [0.3, 0.4) is 0 Å². The van der Waals surface area contributed by atoms with E-state index in [1.165, 1.54) is 0 Å². The second kappa shape index (κ2) is 6.57. The normalized spacial score (nSPS) is 26.7. The fraction of sp³-hybridized carbons (Fsp3) is 0.409. The number of nitrogens with one attached hydrogen (secondary N) is 1. The number of hydrogen-bond donors (Lipinski definition) is 1. The predicted molar refractivity (Wildman–Crippen MR) is 100 cm³/mol. The minimum atomic E-state index is -0.137. The van der Waals surface area contributed by atoms with Gasteiger partial charge in [0.15, 0.2) is 0 Å². The van der Waals surface area contributed by atoms with E-state index in [9.17, 15) is 4.79 Å². The predicted octanol–water partition coefficient (Wildman–Crippen LogP) is 3.66. The lowest BCUT2D eigenvalue weighted by atomic mass is 9.73. The topological polar surface area (TPSA) is 54.9 Å². The number of aryl methyl sites for hydroxylation is 1. The number of amides is 1. The van der Waals surface area contributed by atoms with Gasteiger partial charge in [-0.05, 0) is 75.6 Å². The molecule has 1 amide bonds. The van der Waals surface area contributed by atoms with Crippen LogP contribution in [0.25, 0.3) is 0 Å². The maximum Gasteiger partial charge on any atom is 0.270 e. The zero-order valence-corrected chi connectivity index (χ0v) is 15.1. The molecular weight excluding hydrogens is 322 g/mol. The zero-order valence-electron chi connectivity index (χ0n) is 15.1. The van der Waals surface area contributed by atoms with E-state index < -0.39 is 0 Å². The molecule has 4 rings (SSSR count). The van der Waals surface area contributed by atoms with Crippen molar-refractivity contribution in [1.82, 2.24) is 15.3 Å². The molecule has 2 aromatic rings. The molecule has 0 aliphatic heterocycles.